The van der Waals surface area contributed by atoms with E-state index in [1.54, 1.807) is 0 Å². The van der Waals surface area contributed by atoms with E-state index in [0.29, 0.717) is 13.2 Å². The number of benzene rings is 3. The van der Waals surface area contributed by atoms with Crippen LogP contribution < -0.4 is 0 Å². The largest absolute Gasteiger partial charge is 0.369 e. The van der Waals surface area contributed by atoms with E-state index in [-0.39, 0.29) is 0 Å². The fourth-order valence-corrected chi connectivity index (χ4v) is 2.87. The lowest BCUT2D eigenvalue weighted by Gasteiger charge is -2.10. The van der Waals surface area contributed by atoms with Gasteiger partial charge in [-0.2, -0.15) is 0 Å². The van der Waals surface area contributed by atoms with E-state index >= 15 is 0 Å². The Morgan fingerprint density at radius 2 is 1.38 bits per heavy atom. The van der Waals surface area contributed by atoms with Crippen molar-refractivity contribution in [2.75, 3.05) is 0 Å². The highest BCUT2D eigenvalue weighted by atomic mass is 16.5. The second-order valence-electron chi connectivity index (χ2n) is 5.67. The van der Waals surface area contributed by atoms with Crippen molar-refractivity contribution in [3.8, 4) is 5.69 Å². The first-order valence-corrected chi connectivity index (χ1v) is 8.05. The number of nitrogens with zero attached hydrogens (tertiary/aromatic N) is 2. The van der Waals surface area contributed by atoms with Crippen LogP contribution in [0.1, 0.15) is 11.4 Å². The third-order valence-corrected chi connectivity index (χ3v) is 3.99. The minimum absolute atomic E-state index is 0.471. The van der Waals surface area contributed by atoms with Crippen LogP contribution in [0.3, 0.4) is 0 Å². The number of fused-ring (bicyclic) bond motifs is 1. The molecule has 3 heteroatoms. The van der Waals surface area contributed by atoms with Crippen LogP contribution in [-0.2, 0) is 18.0 Å². The summed E-state index contributed by atoms with van der Waals surface area (Å²) in [7, 11) is 0. The Hall–Kier alpha value is -2.91. The molecule has 0 amide bonds. The summed E-state index contributed by atoms with van der Waals surface area (Å²) < 4.78 is 8.08. The molecule has 0 saturated heterocycles. The molecule has 1 aromatic heterocycles. The summed E-state index contributed by atoms with van der Waals surface area (Å²) >= 11 is 0. The fourth-order valence-electron chi connectivity index (χ4n) is 2.87. The Morgan fingerprint density at radius 1 is 0.708 bits per heavy atom. The molecule has 118 valence electrons. The number of para-hydroxylation sites is 3. The topological polar surface area (TPSA) is 27.1 Å². The highest BCUT2D eigenvalue weighted by Crippen LogP contribution is 2.22. The van der Waals surface area contributed by atoms with Gasteiger partial charge in [-0.1, -0.05) is 60.7 Å². The lowest BCUT2D eigenvalue weighted by atomic mass is 10.2. The molecule has 24 heavy (non-hydrogen) atoms. The van der Waals surface area contributed by atoms with Gasteiger partial charge in [-0.15, -0.1) is 0 Å². The fraction of sp³-hybridized carbons (Fsp3) is 0.0952. The lowest BCUT2D eigenvalue weighted by molar-refractivity contribution is 0.101. The molecule has 0 unspecified atom stereocenters. The first-order valence-electron chi connectivity index (χ1n) is 8.05. The Kier molecular flexibility index (Phi) is 4.09. The van der Waals surface area contributed by atoms with E-state index in [1.807, 2.05) is 54.6 Å². The van der Waals surface area contributed by atoms with Gasteiger partial charge in [0.1, 0.15) is 12.4 Å². The summed E-state index contributed by atoms with van der Waals surface area (Å²) in [5.41, 5.74) is 4.35. The summed E-state index contributed by atoms with van der Waals surface area (Å²) in [6.07, 6.45) is 0. The van der Waals surface area contributed by atoms with Crippen molar-refractivity contribution in [3.63, 3.8) is 0 Å². The van der Waals surface area contributed by atoms with Crippen LogP contribution in [0, 0.1) is 0 Å². The molecule has 1 heterocycles. The zero-order valence-corrected chi connectivity index (χ0v) is 13.3. The zero-order valence-electron chi connectivity index (χ0n) is 13.3. The maximum Gasteiger partial charge on any atom is 0.140 e. The van der Waals surface area contributed by atoms with E-state index < -0.39 is 0 Å². The molecule has 0 aliphatic heterocycles. The van der Waals surface area contributed by atoms with Crippen molar-refractivity contribution in [2.45, 2.75) is 13.2 Å². The third-order valence-electron chi connectivity index (χ3n) is 3.99. The van der Waals surface area contributed by atoms with Crippen LogP contribution in [0.25, 0.3) is 16.7 Å². The molecule has 0 saturated carbocycles. The average molecular weight is 314 g/mol. The molecular weight excluding hydrogens is 296 g/mol. The number of ether oxygens (including phenoxy) is 1. The van der Waals surface area contributed by atoms with Crippen molar-refractivity contribution >= 4 is 11.0 Å². The van der Waals surface area contributed by atoms with E-state index in [0.717, 1.165) is 22.5 Å². The van der Waals surface area contributed by atoms with Crippen molar-refractivity contribution in [3.05, 3.63) is 96.3 Å². The molecule has 4 rings (SSSR count). The second-order valence-corrected chi connectivity index (χ2v) is 5.67. The second kappa shape index (κ2) is 6.69. The van der Waals surface area contributed by atoms with Gasteiger partial charge in [-0.3, -0.25) is 4.57 Å². The smallest absolute Gasteiger partial charge is 0.140 e. The van der Waals surface area contributed by atoms with E-state index in [2.05, 4.69) is 34.9 Å². The number of imidazole rings is 1. The van der Waals surface area contributed by atoms with E-state index in [4.69, 9.17) is 9.72 Å². The molecule has 4 aromatic rings. The molecule has 0 bridgehead atoms. The highest BCUT2D eigenvalue weighted by Gasteiger charge is 2.12. The van der Waals surface area contributed by atoms with Gasteiger partial charge in [0.2, 0.25) is 0 Å². The van der Waals surface area contributed by atoms with Crippen molar-refractivity contribution in [1.82, 2.24) is 9.55 Å². The predicted molar refractivity (Wildman–Crippen MR) is 96.0 cm³/mol. The molecule has 0 fully saturated rings. The number of rotatable bonds is 5. The van der Waals surface area contributed by atoms with Gasteiger partial charge in [0.15, 0.2) is 0 Å². The van der Waals surface area contributed by atoms with Crippen molar-refractivity contribution in [2.24, 2.45) is 0 Å². The number of hydrogen-bond donors (Lipinski definition) is 0. The SMILES string of the molecule is c1ccc(COCc2nc3ccccc3n2-c2ccccc2)cc1. The van der Waals surface area contributed by atoms with Gasteiger partial charge < -0.3 is 4.74 Å². The normalized spacial score (nSPS) is 11.0. The summed E-state index contributed by atoms with van der Waals surface area (Å²) in [6.45, 7) is 1.05. The first kappa shape index (κ1) is 14.7. The standard InChI is InChI=1S/C21H18N2O/c1-3-9-17(10-4-1)15-24-16-21-22-19-13-7-8-14-20(19)23(21)18-11-5-2-6-12-18/h1-14H,15-16H2. The Bertz CT molecular complexity index is 930. The van der Waals surface area contributed by atoms with Crippen LogP contribution in [0.4, 0.5) is 0 Å². The quantitative estimate of drug-likeness (QED) is 0.532. The van der Waals surface area contributed by atoms with Gasteiger partial charge in [0.25, 0.3) is 0 Å². The molecular formula is C21H18N2O. The Morgan fingerprint density at radius 3 is 2.17 bits per heavy atom. The summed E-state index contributed by atoms with van der Waals surface area (Å²) in [5.74, 6) is 0.915. The van der Waals surface area contributed by atoms with Crippen LogP contribution in [0.5, 0.6) is 0 Å². The average Bonchev–Trinajstić information content (AvgIpc) is 3.01. The Balaban J connectivity index is 1.65. The maximum absolute atomic E-state index is 5.91. The lowest BCUT2D eigenvalue weighted by Crippen LogP contribution is -2.04. The minimum Gasteiger partial charge on any atom is -0.369 e. The van der Waals surface area contributed by atoms with Gasteiger partial charge in [-0.05, 0) is 29.8 Å². The molecule has 0 radical (unpaired) electrons. The molecule has 0 atom stereocenters. The van der Waals surface area contributed by atoms with Gasteiger partial charge in [-0.25, -0.2) is 4.98 Å². The van der Waals surface area contributed by atoms with Gasteiger partial charge in [0.05, 0.1) is 17.6 Å². The Labute approximate surface area is 141 Å². The monoisotopic (exact) mass is 314 g/mol. The number of aromatic nitrogens is 2. The van der Waals surface area contributed by atoms with Gasteiger partial charge in [0, 0.05) is 5.69 Å². The third kappa shape index (κ3) is 2.94. The van der Waals surface area contributed by atoms with Gasteiger partial charge >= 0.3 is 0 Å². The van der Waals surface area contributed by atoms with Crippen LogP contribution in [0.15, 0.2) is 84.9 Å². The minimum atomic E-state index is 0.471. The van der Waals surface area contributed by atoms with Crippen LogP contribution >= 0.6 is 0 Å². The summed E-state index contributed by atoms with van der Waals surface area (Å²) in [4.78, 5) is 4.76. The van der Waals surface area contributed by atoms with Crippen molar-refractivity contribution < 1.29 is 4.74 Å². The molecule has 0 aliphatic rings. The maximum atomic E-state index is 5.91. The predicted octanol–water partition coefficient (Wildman–Crippen LogP) is 4.74. The number of hydrogen-bond acceptors (Lipinski definition) is 2. The van der Waals surface area contributed by atoms with E-state index in [9.17, 15) is 0 Å². The summed E-state index contributed by atoms with van der Waals surface area (Å²) in [6, 6.07) is 28.7. The molecule has 0 N–H and O–H groups in total. The highest BCUT2D eigenvalue weighted by molar-refractivity contribution is 5.78. The van der Waals surface area contributed by atoms with Crippen LogP contribution in [0.2, 0.25) is 0 Å². The molecule has 3 nitrogen and oxygen atoms in total. The summed E-state index contributed by atoms with van der Waals surface area (Å²) in [5, 5.41) is 0. The van der Waals surface area contributed by atoms with E-state index in [1.165, 1.54) is 5.56 Å². The zero-order chi connectivity index (χ0) is 16.2. The molecule has 3 aromatic carbocycles. The molecule has 0 aliphatic carbocycles. The van der Waals surface area contributed by atoms with Crippen molar-refractivity contribution in [1.29, 1.82) is 0 Å². The molecule has 0 spiro atoms. The van der Waals surface area contributed by atoms with Crippen LogP contribution in [-0.4, -0.2) is 9.55 Å². The first-order chi connectivity index (χ1) is 11.9.